The molecule has 0 aliphatic rings. The van der Waals surface area contributed by atoms with Crippen molar-refractivity contribution in [1.82, 2.24) is 10.2 Å². The zero-order chi connectivity index (χ0) is 16.2. The zero-order valence-electron chi connectivity index (χ0n) is 12.1. The Bertz CT molecular complexity index is 546. The highest BCUT2D eigenvalue weighted by Crippen LogP contribution is 2.17. The summed E-state index contributed by atoms with van der Waals surface area (Å²) in [6, 6.07) is 2.71. The molecule has 0 radical (unpaired) electrons. The van der Waals surface area contributed by atoms with E-state index in [-0.39, 0.29) is 12.2 Å². The highest BCUT2D eigenvalue weighted by molar-refractivity contribution is 5.95. The highest BCUT2D eigenvalue weighted by atomic mass is 19.1. The van der Waals surface area contributed by atoms with Gasteiger partial charge in [0.25, 0.3) is 11.6 Å². The van der Waals surface area contributed by atoms with Crippen LogP contribution < -0.4 is 5.32 Å². The Labute approximate surface area is 121 Å². The Balaban J connectivity index is 2.80. The van der Waals surface area contributed by atoms with Crippen LogP contribution in [-0.4, -0.2) is 53.6 Å². The van der Waals surface area contributed by atoms with Crippen LogP contribution in [0.1, 0.15) is 17.3 Å². The van der Waals surface area contributed by atoms with Gasteiger partial charge in [-0.05, 0) is 27.1 Å². The lowest BCUT2D eigenvalue weighted by Gasteiger charge is -2.27. The molecule has 8 heteroatoms. The number of hydrogen-bond acceptors (Lipinski definition) is 5. The molecule has 0 fully saturated rings. The van der Waals surface area contributed by atoms with E-state index in [1.165, 1.54) is 6.92 Å². The van der Waals surface area contributed by atoms with Crippen molar-refractivity contribution in [3.8, 4) is 0 Å². The van der Waals surface area contributed by atoms with Gasteiger partial charge in [0.2, 0.25) is 0 Å². The minimum Gasteiger partial charge on any atom is -0.387 e. The molecule has 1 unspecified atom stereocenters. The van der Waals surface area contributed by atoms with Gasteiger partial charge in [-0.1, -0.05) is 0 Å². The van der Waals surface area contributed by atoms with E-state index >= 15 is 0 Å². The maximum Gasteiger partial charge on any atom is 0.270 e. The predicted octanol–water partition coefficient (Wildman–Crippen LogP) is 0.776. The average Bonchev–Trinajstić information content (AvgIpc) is 2.34. The van der Waals surface area contributed by atoms with Crippen LogP contribution in [0.15, 0.2) is 18.2 Å². The maximum absolute atomic E-state index is 13.6. The van der Waals surface area contributed by atoms with Crippen molar-refractivity contribution < 1.29 is 19.2 Å². The second-order valence-electron chi connectivity index (χ2n) is 5.34. The van der Waals surface area contributed by atoms with Gasteiger partial charge in [-0.3, -0.25) is 14.9 Å². The van der Waals surface area contributed by atoms with Crippen LogP contribution in [0, 0.1) is 15.9 Å². The molecule has 7 nitrogen and oxygen atoms in total. The number of rotatable bonds is 6. The average molecular weight is 299 g/mol. The summed E-state index contributed by atoms with van der Waals surface area (Å²) >= 11 is 0. The minimum absolute atomic E-state index is 0.105. The first-order valence-corrected chi connectivity index (χ1v) is 6.21. The second-order valence-corrected chi connectivity index (χ2v) is 5.34. The number of benzene rings is 1. The van der Waals surface area contributed by atoms with Gasteiger partial charge < -0.3 is 15.3 Å². The standard InChI is InChI=1S/C13H18FN3O4/c1-13(19,8-16(2)3)7-15-12(18)10-6-9(17(20)21)4-5-11(10)14/h4-6,19H,7-8H2,1-3H3,(H,15,18). The second kappa shape index (κ2) is 6.59. The van der Waals surface area contributed by atoms with Crippen molar-refractivity contribution >= 4 is 11.6 Å². The fourth-order valence-corrected chi connectivity index (χ4v) is 1.90. The maximum atomic E-state index is 13.6. The first-order chi connectivity index (χ1) is 9.62. The summed E-state index contributed by atoms with van der Waals surface area (Å²) in [4.78, 5) is 23.5. The Morgan fingerprint density at radius 1 is 1.52 bits per heavy atom. The summed E-state index contributed by atoms with van der Waals surface area (Å²) in [7, 11) is 3.52. The summed E-state index contributed by atoms with van der Waals surface area (Å²) in [6.07, 6.45) is 0. The van der Waals surface area contributed by atoms with Crippen molar-refractivity contribution in [3.05, 3.63) is 39.7 Å². The predicted molar refractivity (Wildman–Crippen MR) is 74.6 cm³/mol. The van der Waals surface area contributed by atoms with Crippen molar-refractivity contribution in [2.24, 2.45) is 0 Å². The highest BCUT2D eigenvalue weighted by Gasteiger charge is 2.24. The lowest BCUT2D eigenvalue weighted by molar-refractivity contribution is -0.384. The number of halogens is 1. The number of nitrogens with one attached hydrogen (secondary N) is 1. The number of likely N-dealkylation sites (N-methyl/N-ethyl adjacent to an activating group) is 1. The summed E-state index contributed by atoms with van der Waals surface area (Å²) in [5, 5.41) is 23.0. The van der Waals surface area contributed by atoms with E-state index in [1.807, 2.05) is 0 Å². The largest absolute Gasteiger partial charge is 0.387 e. The van der Waals surface area contributed by atoms with Crippen molar-refractivity contribution in [2.45, 2.75) is 12.5 Å². The van der Waals surface area contributed by atoms with E-state index in [0.717, 1.165) is 18.2 Å². The number of amides is 1. The van der Waals surface area contributed by atoms with Gasteiger partial charge in [0, 0.05) is 25.2 Å². The van der Waals surface area contributed by atoms with Gasteiger partial charge in [-0.15, -0.1) is 0 Å². The van der Waals surface area contributed by atoms with Crippen molar-refractivity contribution in [3.63, 3.8) is 0 Å². The monoisotopic (exact) mass is 299 g/mol. The van der Waals surface area contributed by atoms with Crippen LogP contribution in [0.3, 0.4) is 0 Å². The molecule has 2 N–H and O–H groups in total. The number of nitro benzene ring substituents is 1. The van der Waals surface area contributed by atoms with E-state index in [9.17, 15) is 24.4 Å². The Morgan fingerprint density at radius 3 is 2.67 bits per heavy atom. The molecule has 116 valence electrons. The number of aliphatic hydroxyl groups is 1. The summed E-state index contributed by atoms with van der Waals surface area (Å²) < 4.78 is 13.6. The molecule has 0 saturated carbocycles. The zero-order valence-corrected chi connectivity index (χ0v) is 12.1. The number of carbonyl (C=O) groups is 1. The number of hydrogen-bond donors (Lipinski definition) is 2. The molecule has 1 rings (SSSR count). The number of non-ortho nitro benzene ring substituents is 1. The Hall–Kier alpha value is -2.06. The number of carbonyl (C=O) groups excluding carboxylic acids is 1. The molecule has 0 heterocycles. The number of nitrogens with zero attached hydrogens (tertiary/aromatic N) is 2. The summed E-state index contributed by atoms with van der Waals surface area (Å²) in [6.45, 7) is 1.72. The smallest absolute Gasteiger partial charge is 0.270 e. The molecule has 21 heavy (non-hydrogen) atoms. The van der Waals surface area contributed by atoms with E-state index < -0.39 is 27.8 Å². The van der Waals surface area contributed by atoms with Gasteiger partial charge >= 0.3 is 0 Å². The van der Waals surface area contributed by atoms with Gasteiger partial charge in [-0.25, -0.2) is 4.39 Å². The third-order valence-corrected chi connectivity index (χ3v) is 2.69. The van der Waals surface area contributed by atoms with Gasteiger partial charge in [-0.2, -0.15) is 0 Å². The molecule has 0 spiro atoms. The van der Waals surface area contributed by atoms with Crippen LogP contribution >= 0.6 is 0 Å². The van der Waals surface area contributed by atoms with E-state index in [2.05, 4.69) is 5.32 Å². The van der Waals surface area contributed by atoms with Crippen LogP contribution in [-0.2, 0) is 0 Å². The van der Waals surface area contributed by atoms with Crippen LogP contribution in [0.5, 0.6) is 0 Å². The van der Waals surface area contributed by atoms with Crippen molar-refractivity contribution in [1.29, 1.82) is 0 Å². The first kappa shape index (κ1) is 17.0. The van der Waals surface area contributed by atoms with Crippen LogP contribution in [0.25, 0.3) is 0 Å². The van der Waals surface area contributed by atoms with Gasteiger partial charge in [0.15, 0.2) is 0 Å². The molecule has 0 aromatic heterocycles. The molecular weight excluding hydrogens is 281 g/mol. The minimum atomic E-state index is -1.20. The third-order valence-electron chi connectivity index (χ3n) is 2.69. The molecule has 1 atom stereocenters. The molecule has 1 aromatic rings. The van der Waals surface area contributed by atoms with Gasteiger partial charge in [0.05, 0.1) is 16.1 Å². The molecule has 0 bridgehead atoms. The lowest BCUT2D eigenvalue weighted by atomic mass is 10.1. The molecular formula is C13H18FN3O4. The molecule has 1 amide bonds. The fourth-order valence-electron chi connectivity index (χ4n) is 1.90. The molecule has 0 saturated heterocycles. The summed E-state index contributed by atoms with van der Waals surface area (Å²) in [5.74, 6) is -1.67. The third kappa shape index (κ3) is 5.09. The molecule has 1 aromatic carbocycles. The Morgan fingerprint density at radius 2 is 2.14 bits per heavy atom. The van der Waals surface area contributed by atoms with E-state index in [1.54, 1.807) is 19.0 Å². The Kier molecular flexibility index (Phi) is 5.34. The fraction of sp³-hybridized carbons (Fsp3) is 0.462. The summed E-state index contributed by atoms with van der Waals surface area (Å²) in [5.41, 5.74) is -2.00. The van der Waals surface area contributed by atoms with Gasteiger partial charge in [0.1, 0.15) is 5.82 Å². The SMILES string of the molecule is CN(C)CC(C)(O)CNC(=O)c1cc([N+](=O)[O-])ccc1F. The molecule has 0 aliphatic heterocycles. The quantitative estimate of drug-likeness (QED) is 0.597. The lowest BCUT2D eigenvalue weighted by Crippen LogP contribution is -2.47. The topological polar surface area (TPSA) is 95.7 Å². The van der Waals surface area contributed by atoms with Crippen LogP contribution in [0.4, 0.5) is 10.1 Å². The van der Waals surface area contributed by atoms with E-state index in [4.69, 9.17) is 0 Å². The normalized spacial score (nSPS) is 13.8. The van der Waals surface area contributed by atoms with E-state index in [0.29, 0.717) is 6.54 Å². The van der Waals surface area contributed by atoms with Crippen molar-refractivity contribution in [2.75, 3.05) is 27.2 Å². The first-order valence-electron chi connectivity index (χ1n) is 6.21. The van der Waals surface area contributed by atoms with Crippen LogP contribution in [0.2, 0.25) is 0 Å². The number of nitro groups is 1. The molecule has 0 aliphatic carbocycles.